The molecule has 0 aromatic rings. The first-order valence-corrected chi connectivity index (χ1v) is 4.58. The smallest absolute Gasteiger partial charge is 0.309 e. The van der Waals surface area contributed by atoms with Gasteiger partial charge in [0, 0.05) is 5.03 Å². The Balaban J connectivity index is 2.23. The minimum Gasteiger partial charge on any atom is -0.460 e. The molecule has 0 saturated heterocycles. The fraction of sp³-hybridized carbons (Fsp3) is 0.667. The second-order valence-electron chi connectivity index (χ2n) is 3.11. The number of rotatable bonds is 3. The van der Waals surface area contributed by atoms with E-state index in [4.69, 9.17) is 16.3 Å². The molecule has 12 heavy (non-hydrogen) atoms. The largest absolute Gasteiger partial charge is 0.460 e. The van der Waals surface area contributed by atoms with Crippen molar-refractivity contribution < 1.29 is 9.53 Å². The van der Waals surface area contributed by atoms with Gasteiger partial charge in [-0.15, -0.1) is 0 Å². The van der Waals surface area contributed by atoms with E-state index in [0.29, 0.717) is 5.03 Å². The summed E-state index contributed by atoms with van der Waals surface area (Å²) in [6.45, 7) is 3.59. The summed E-state index contributed by atoms with van der Waals surface area (Å²) in [5, 5.41) is 0.376. The second kappa shape index (κ2) is 4.51. The topological polar surface area (TPSA) is 26.3 Å². The highest BCUT2D eigenvalue weighted by Gasteiger charge is 2.23. The van der Waals surface area contributed by atoms with Gasteiger partial charge in [-0.25, -0.2) is 0 Å². The lowest BCUT2D eigenvalue weighted by Crippen LogP contribution is -2.15. The Morgan fingerprint density at radius 3 is 2.58 bits per heavy atom. The Bertz CT molecular complexity index is 183. The minimum absolute atomic E-state index is 0.112. The van der Waals surface area contributed by atoms with Crippen molar-refractivity contribution in [2.24, 2.45) is 5.92 Å². The Hall–Kier alpha value is -0.500. The van der Waals surface area contributed by atoms with Crippen molar-refractivity contribution in [3.8, 4) is 0 Å². The van der Waals surface area contributed by atoms with Crippen LogP contribution in [0, 0.1) is 5.92 Å². The molecule has 0 spiro atoms. The molecule has 1 fully saturated rings. The third-order valence-corrected chi connectivity index (χ3v) is 2.17. The summed E-state index contributed by atoms with van der Waals surface area (Å²) in [7, 11) is 0. The van der Waals surface area contributed by atoms with Gasteiger partial charge in [-0.2, -0.15) is 0 Å². The van der Waals surface area contributed by atoms with Crippen LogP contribution in [0.4, 0.5) is 0 Å². The number of esters is 1. The van der Waals surface area contributed by atoms with Crippen LogP contribution in [0.2, 0.25) is 0 Å². The molecule has 1 saturated carbocycles. The molecular formula is C9H13ClO2. The normalized spacial score (nSPS) is 17.8. The molecule has 0 atom stereocenters. The fourth-order valence-electron chi connectivity index (χ4n) is 1.43. The third kappa shape index (κ3) is 2.86. The summed E-state index contributed by atoms with van der Waals surface area (Å²) in [5.41, 5.74) is 0. The van der Waals surface area contributed by atoms with Gasteiger partial charge >= 0.3 is 5.97 Å². The lowest BCUT2D eigenvalue weighted by atomic mass is 10.1. The standard InChI is InChI=1S/C9H13ClO2/c1-7(10)6-12-9(11)8-4-2-3-5-8/h8H,1-6H2. The number of carbonyl (C=O) groups is 1. The van der Waals surface area contributed by atoms with Gasteiger partial charge in [0.2, 0.25) is 0 Å². The molecular weight excluding hydrogens is 176 g/mol. The van der Waals surface area contributed by atoms with Crippen molar-refractivity contribution in [1.82, 2.24) is 0 Å². The maximum atomic E-state index is 11.2. The first-order valence-electron chi connectivity index (χ1n) is 4.20. The summed E-state index contributed by atoms with van der Waals surface area (Å²) in [6, 6.07) is 0. The molecule has 2 nitrogen and oxygen atoms in total. The molecule has 0 amide bonds. The Morgan fingerprint density at radius 2 is 2.08 bits per heavy atom. The summed E-state index contributed by atoms with van der Waals surface area (Å²) in [4.78, 5) is 11.2. The minimum atomic E-state index is -0.116. The third-order valence-electron chi connectivity index (χ3n) is 2.06. The van der Waals surface area contributed by atoms with Gasteiger partial charge in [-0.1, -0.05) is 31.0 Å². The van der Waals surface area contributed by atoms with Gasteiger partial charge in [-0.3, -0.25) is 4.79 Å². The predicted molar refractivity (Wildman–Crippen MR) is 47.9 cm³/mol. The van der Waals surface area contributed by atoms with E-state index < -0.39 is 0 Å². The molecule has 1 aliphatic rings. The molecule has 0 N–H and O–H groups in total. The van der Waals surface area contributed by atoms with Gasteiger partial charge < -0.3 is 4.74 Å². The predicted octanol–water partition coefficient (Wildman–Crippen LogP) is 2.47. The Morgan fingerprint density at radius 1 is 1.50 bits per heavy atom. The second-order valence-corrected chi connectivity index (χ2v) is 3.64. The van der Waals surface area contributed by atoms with Crippen molar-refractivity contribution in [1.29, 1.82) is 0 Å². The van der Waals surface area contributed by atoms with Crippen LogP contribution in [0.3, 0.4) is 0 Å². The first-order chi connectivity index (χ1) is 5.70. The quantitative estimate of drug-likeness (QED) is 0.636. The van der Waals surface area contributed by atoms with Gasteiger partial charge in [-0.05, 0) is 12.8 Å². The van der Waals surface area contributed by atoms with Crippen LogP contribution in [-0.2, 0) is 9.53 Å². The molecule has 0 unspecified atom stereocenters. The Kier molecular flexibility index (Phi) is 3.60. The summed E-state index contributed by atoms with van der Waals surface area (Å²) in [6.07, 6.45) is 4.21. The molecule has 3 heteroatoms. The molecule has 0 bridgehead atoms. The van der Waals surface area contributed by atoms with Gasteiger partial charge in [0.1, 0.15) is 6.61 Å². The van der Waals surface area contributed by atoms with E-state index in [-0.39, 0.29) is 18.5 Å². The Labute approximate surface area is 77.5 Å². The fourth-order valence-corrected chi connectivity index (χ4v) is 1.48. The van der Waals surface area contributed by atoms with E-state index in [9.17, 15) is 4.79 Å². The van der Waals surface area contributed by atoms with Crippen molar-refractivity contribution in [2.75, 3.05) is 6.61 Å². The number of ether oxygens (including phenoxy) is 1. The molecule has 1 aliphatic carbocycles. The van der Waals surface area contributed by atoms with E-state index in [1.165, 1.54) is 0 Å². The molecule has 0 radical (unpaired) electrons. The zero-order chi connectivity index (χ0) is 8.97. The zero-order valence-electron chi connectivity index (χ0n) is 7.01. The molecule has 68 valence electrons. The number of halogens is 1. The highest BCUT2D eigenvalue weighted by molar-refractivity contribution is 6.29. The van der Waals surface area contributed by atoms with Crippen LogP contribution in [0.1, 0.15) is 25.7 Å². The van der Waals surface area contributed by atoms with Gasteiger partial charge in [0.05, 0.1) is 5.92 Å². The highest BCUT2D eigenvalue weighted by atomic mass is 35.5. The van der Waals surface area contributed by atoms with E-state index in [1.807, 2.05) is 0 Å². The number of hydrogen-bond donors (Lipinski definition) is 0. The van der Waals surface area contributed by atoms with Crippen molar-refractivity contribution >= 4 is 17.6 Å². The van der Waals surface area contributed by atoms with Crippen molar-refractivity contribution in [2.45, 2.75) is 25.7 Å². The molecule has 0 aromatic heterocycles. The zero-order valence-corrected chi connectivity index (χ0v) is 7.77. The van der Waals surface area contributed by atoms with E-state index in [1.54, 1.807) is 0 Å². The SMILES string of the molecule is C=C(Cl)COC(=O)C1CCCC1. The van der Waals surface area contributed by atoms with E-state index in [2.05, 4.69) is 6.58 Å². The monoisotopic (exact) mass is 188 g/mol. The van der Waals surface area contributed by atoms with E-state index in [0.717, 1.165) is 25.7 Å². The summed E-state index contributed by atoms with van der Waals surface area (Å²) < 4.78 is 4.92. The maximum absolute atomic E-state index is 11.2. The van der Waals surface area contributed by atoms with Crippen LogP contribution in [0.15, 0.2) is 11.6 Å². The van der Waals surface area contributed by atoms with Crippen LogP contribution >= 0.6 is 11.6 Å². The molecule has 1 rings (SSSR count). The van der Waals surface area contributed by atoms with Crippen molar-refractivity contribution in [3.63, 3.8) is 0 Å². The first kappa shape index (κ1) is 9.59. The lowest BCUT2D eigenvalue weighted by Gasteiger charge is -2.07. The van der Waals surface area contributed by atoms with Crippen LogP contribution < -0.4 is 0 Å². The van der Waals surface area contributed by atoms with Gasteiger partial charge in [0.25, 0.3) is 0 Å². The van der Waals surface area contributed by atoms with Crippen molar-refractivity contribution in [3.05, 3.63) is 11.6 Å². The maximum Gasteiger partial charge on any atom is 0.309 e. The van der Waals surface area contributed by atoms with E-state index >= 15 is 0 Å². The molecule has 0 aliphatic heterocycles. The highest BCUT2D eigenvalue weighted by Crippen LogP contribution is 2.25. The van der Waals surface area contributed by atoms with Crippen LogP contribution in [-0.4, -0.2) is 12.6 Å². The number of hydrogen-bond acceptors (Lipinski definition) is 2. The van der Waals surface area contributed by atoms with Crippen LogP contribution in [0.5, 0.6) is 0 Å². The average Bonchev–Trinajstić information content (AvgIpc) is 2.51. The van der Waals surface area contributed by atoms with Gasteiger partial charge in [0.15, 0.2) is 0 Å². The summed E-state index contributed by atoms with van der Waals surface area (Å²) >= 11 is 5.46. The molecule has 0 heterocycles. The number of carbonyl (C=O) groups excluding carboxylic acids is 1. The van der Waals surface area contributed by atoms with Crippen LogP contribution in [0.25, 0.3) is 0 Å². The molecule has 0 aromatic carbocycles. The summed E-state index contributed by atoms with van der Waals surface area (Å²) in [5.74, 6) is -0.00434. The lowest BCUT2D eigenvalue weighted by molar-refractivity contribution is -0.147. The average molecular weight is 189 g/mol.